The van der Waals surface area contributed by atoms with Gasteiger partial charge in [-0.3, -0.25) is 10.4 Å². The fourth-order valence-electron chi connectivity index (χ4n) is 4.05. The van der Waals surface area contributed by atoms with Crippen LogP contribution < -0.4 is 10.2 Å². The lowest BCUT2D eigenvalue weighted by Crippen LogP contribution is -2.40. The first-order valence-electron chi connectivity index (χ1n) is 10.2. The predicted molar refractivity (Wildman–Crippen MR) is 110 cm³/mol. The molecule has 0 amide bonds. The molecule has 0 saturated carbocycles. The van der Waals surface area contributed by atoms with Gasteiger partial charge in [-0.2, -0.15) is 5.10 Å². The summed E-state index contributed by atoms with van der Waals surface area (Å²) in [5.41, 5.74) is 7.10. The van der Waals surface area contributed by atoms with Crippen LogP contribution in [0.1, 0.15) is 44.6 Å². The number of likely N-dealkylation sites (tertiary alicyclic amines) is 1. The molecular formula is C21H29N5O. The van der Waals surface area contributed by atoms with Crippen molar-refractivity contribution in [1.82, 2.24) is 15.3 Å². The quantitative estimate of drug-likeness (QED) is 0.752. The van der Waals surface area contributed by atoms with Crippen molar-refractivity contribution in [3.63, 3.8) is 0 Å². The lowest BCUT2D eigenvalue weighted by atomic mass is 10.0. The second-order valence-electron chi connectivity index (χ2n) is 7.34. The van der Waals surface area contributed by atoms with Crippen LogP contribution in [0.5, 0.6) is 5.75 Å². The molecule has 0 bridgehead atoms. The van der Waals surface area contributed by atoms with E-state index in [1.807, 2.05) is 11.2 Å². The molecule has 27 heavy (non-hydrogen) atoms. The predicted octanol–water partition coefficient (Wildman–Crippen LogP) is 3.28. The maximum atomic E-state index is 5.95. The van der Waals surface area contributed by atoms with Crippen LogP contribution in [-0.4, -0.2) is 54.7 Å². The second kappa shape index (κ2) is 8.57. The maximum absolute atomic E-state index is 5.95. The smallest absolute Gasteiger partial charge is 0.133 e. The number of rotatable bonds is 7. The molecule has 0 radical (unpaired) electrons. The van der Waals surface area contributed by atoms with E-state index in [4.69, 9.17) is 4.74 Å². The summed E-state index contributed by atoms with van der Waals surface area (Å²) < 4.78 is 5.95. The number of nitrogens with one attached hydrogen (secondary N) is 1. The molecule has 0 aliphatic carbocycles. The molecule has 6 nitrogen and oxygen atoms in total. The van der Waals surface area contributed by atoms with Crippen LogP contribution in [0.15, 0.2) is 40.0 Å². The Balaban J connectivity index is 1.32. The molecule has 1 atom stereocenters. The third-order valence-electron chi connectivity index (χ3n) is 5.53. The summed E-state index contributed by atoms with van der Waals surface area (Å²) >= 11 is 0. The van der Waals surface area contributed by atoms with E-state index < -0.39 is 0 Å². The van der Waals surface area contributed by atoms with Crippen LogP contribution in [0.3, 0.4) is 0 Å². The lowest BCUT2D eigenvalue weighted by molar-refractivity contribution is 0.205. The summed E-state index contributed by atoms with van der Waals surface area (Å²) in [6, 6.07) is 8.55. The van der Waals surface area contributed by atoms with E-state index in [1.165, 1.54) is 43.5 Å². The normalized spacial score (nSPS) is 22.1. The topological polar surface area (TPSA) is 52.5 Å². The van der Waals surface area contributed by atoms with Gasteiger partial charge in [-0.15, -0.1) is 5.10 Å². The molecule has 0 aromatic heterocycles. The Hall–Kier alpha value is -2.34. The molecule has 4 rings (SSSR count). The minimum absolute atomic E-state index is 0.160. The molecule has 6 heteroatoms. The van der Waals surface area contributed by atoms with Crippen LogP contribution in [0.4, 0.5) is 0 Å². The van der Waals surface area contributed by atoms with Gasteiger partial charge in [0.25, 0.3) is 0 Å². The zero-order chi connectivity index (χ0) is 18.5. The zero-order valence-corrected chi connectivity index (χ0v) is 16.1. The summed E-state index contributed by atoms with van der Waals surface area (Å²) in [5, 5.41) is 10.0. The first-order chi connectivity index (χ1) is 13.3. The summed E-state index contributed by atoms with van der Waals surface area (Å²) in [4.78, 5) is 2.56. The van der Waals surface area contributed by atoms with Crippen molar-refractivity contribution in [3.05, 3.63) is 35.4 Å². The third-order valence-corrected chi connectivity index (χ3v) is 5.53. The number of hydrazine groups is 1. The molecule has 1 saturated heterocycles. The summed E-state index contributed by atoms with van der Waals surface area (Å²) in [6.45, 7) is 6.61. The van der Waals surface area contributed by atoms with Gasteiger partial charge >= 0.3 is 0 Å². The number of hydrogen-bond donors (Lipinski definition) is 1. The fourth-order valence-corrected chi connectivity index (χ4v) is 4.05. The first kappa shape index (κ1) is 18.0. The van der Waals surface area contributed by atoms with Crippen LogP contribution in [-0.2, 0) is 0 Å². The van der Waals surface area contributed by atoms with Crippen LogP contribution >= 0.6 is 0 Å². The average molecular weight is 367 g/mol. The van der Waals surface area contributed by atoms with E-state index in [1.54, 1.807) is 6.34 Å². The molecule has 0 spiro atoms. The molecule has 1 N–H and O–H groups in total. The Morgan fingerprint density at radius 2 is 1.93 bits per heavy atom. The van der Waals surface area contributed by atoms with E-state index in [9.17, 15) is 0 Å². The molecule has 3 heterocycles. The Bertz CT molecular complexity index is 719. The molecule has 1 fully saturated rings. The Morgan fingerprint density at radius 3 is 2.70 bits per heavy atom. The van der Waals surface area contributed by atoms with Crippen LogP contribution in [0.25, 0.3) is 5.70 Å². The molecule has 1 unspecified atom stereocenters. The van der Waals surface area contributed by atoms with Gasteiger partial charge in [0.15, 0.2) is 0 Å². The van der Waals surface area contributed by atoms with Crippen molar-refractivity contribution in [1.29, 1.82) is 0 Å². The van der Waals surface area contributed by atoms with E-state index in [2.05, 4.69) is 51.7 Å². The van der Waals surface area contributed by atoms with Crippen LogP contribution in [0.2, 0.25) is 0 Å². The minimum Gasteiger partial charge on any atom is -0.494 e. The third kappa shape index (κ3) is 4.16. The number of ether oxygens (including phenoxy) is 1. The van der Waals surface area contributed by atoms with Gasteiger partial charge in [0.05, 0.1) is 18.5 Å². The van der Waals surface area contributed by atoms with Crippen molar-refractivity contribution in [3.8, 4) is 5.75 Å². The Kier molecular flexibility index (Phi) is 5.72. The highest BCUT2D eigenvalue weighted by molar-refractivity contribution is 5.85. The maximum Gasteiger partial charge on any atom is 0.133 e. The lowest BCUT2D eigenvalue weighted by Gasteiger charge is -2.26. The minimum atomic E-state index is 0.160. The van der Waals surface area contributed by atoms with Crippen molar-refractivity contribution in [2.75, 3.05) is 26.2 Å². The van der Waals surface area contributed by atoms with Gasteiger partial charge in [0.1, 0.15) is 18.1 Å². The number of piperidine rings is 1. The summed E-state index contributed by atoms with van der Waals surface area (Å²) in [5.74, 6) is 0.940. The monoisotopic (exact) mass is 367 g/mol. The van der Waals surface area contributed by atoms with Gasteiger partial charge in [-0.25, -0.2) is 0 Å². The van der Waals surface area contributed by atoms with E-state index in [-0.39, 0.29) is 6.04 Å². The summed E-state index contributed by atoms with van der Waals surface area (Å²) in [6.07, 6.45) is 9.78. The van der Waals surface area contributed by atoms with E-state index in [0.29, 0.717) is 0 Å². The fraction of sp³-hybridized carbons (Fsp3) is 0.524. The van der Waals surface area contributed by atoms with Crippen molar-refractivity contribution < 1.29 is 4.74 Å². The molecule has 3 aliphatic rings. The van der Waals surface area contributed by atoms with Gasteiger partial charge < -0.3 is 9.64 Å². The van der Waals surface area contributed by atoms with Crippen molar-refractivity contribution in [2.24, 2.45) is 10.2 Å². The average Bonchev–Trinajstić information content (AvgIpc) is 3.11. The number of hydrogen-bond acceptors (Lipinski definition) is 6. The largest absolute Gasteiger partial charge is 0.494 e. The highest BCUT2D eigenvalue weighted by atomic mass is 16.5. The van der Waals surface area contributed by atoms with Gasteiger partial charge in [0, 0.05) is 6.54 Å². The van der Waals surface area contributed by atoms with Gasteiger partial charge in [-0.05, 0) is 74.2 Å². The van der Waals surface area contributed by atoms with E-state index >= 15 is 0 Å². The van der Waals surface area contributed by atoms with E-state index in [0.717, 1.165) is 37.4 Å². The first-order valence-corrected chi connectivity index (χ1v) is 10.2. The number of nitrogens with zero attached hydrogens (tertiary/aromatic N) is 4. The SMILES string of the molecule is CCC1=C(c2ccc(OCCCN3CCCCC3)cc2)NN2C=NN=CC12. The van der Waals surface area contributed by atoms with Crippen LogP contribution in [0, 0.1) is 0 Å². The van der Waals surface area contributed by atoms with Gasteiger partial charge in [0.2, 0.25) is 0 Å². The van der Waals surface area contributed by atoms with Crippen molar-refractivity contribution >= 4 is 18.3 Å². The van der Waals surface area contributed by atoms with Crippen molar-refractivity contribution in [2.45, 2.75) is 45.1 Å². The molecule has 1 aromatic rings. The highest BCUT2D eigenvalue weighted by Crippen LogP contribution is 2.30. The Labute approximate surface area is 161 Å². The molecule has 144 valence electrons. The number of benzene rings is 1. The second-order valence-corrected chi connectivity index (χ2v) is 7.34. The molecular weight excluding hydrogens is 338 g/mol. The Morgan fingerprint density at radius 1 is 1.11 bits per heavy atom. The summed E-state index contributed by atoms with van der Waals surface area (Å²) in [7, 11) is 0. The zero-order valence-electron chi connectivity index (χ0n) is 16.1. The highest BCUT2D eigenvalue weighted by Gasteiger charge is 2.30. The molecule has 3 aliphatic heterocycles. The molecule has 1 aromatic carbocycles. The number of fused-ring (bicyclic) bond motifs is 1. The standard InChI is InChI=1S/C21H29N5O/c1-2-19-20-15-22-23-16-26(20)24-21(19)17-7-9-18(10-8-17)27-14-6-13-25-11-4-3-5-12-25/h7-10,15-16,20,24H,2-6,11-14H2,1H3. The van der Waals surface area contributed by atoms with Gasteiger partial charge in [-0.1, -0.05) is 13.3 Å².